The van der Waals surface area contributed by atoms with Crippen molar-refractivity contribution in [2.45, 2.75) is 25.5 Å². The number of carbonyl (C=O) groups excluding carboxylic acids is 2. The first-order valence-corrected chi connectivity index (χ1v) is 9.36. The van der Waals surface area contributed by atoms with Gasteiger partial charge in [0.1, 0.15) is 16.7 Å². The first-order chi connectivity index (χ1) is 12.9. The van der Waals surface area contributed by atoms with Gasteiger partial charge in [0.25, 0.3) is 5.91 Å². The van der Waals surface area contributed by atoms with E-state index in [9.17, 15) is 14.9 Å². The monoisotopic (exact) mass is 377 g/mol. The number of thioether (sulfide) groups is 1. The SMILES string of the molecule is Cc1ccc(C[C@@H]2S/C(=C(\C#N)C(N)=O)N(c3ccccc3)C2=O)cc1C. The standard InChI is InChI=1S/C21H19N3O2S/c1-13-8-9-15(10-14(13)2)11-18-20(26)24(16-6-4-3-5-7-16)21(27-18)17(12-22)19(23)25/h3-10,18H,11H2,1-2H3,(H2,23,25)/b21-17+/t18-/m0/s1. The van der Waals surface area contributed by atoms with Gasteiger partial charge in [0.2, 0.25) is 5.91 Å². The van der Waals surface area contributed by atoms with Crippen molar-refractivity contribution in [1.82, 2.24) is 0 Å². The molecule has 0 aromatic heterocycles. The number of nitriles is 1. The Morgan fingerprint density at radius 3 is 2.48 bits per heavy atom. The first-order valence-electron chi connectivity index (χ1n) is 8.48. The molecule has 1 aliphatic rings. The zero-order valence-electron chi connectivity index (χ0n) is 15.1. The fraction of sp³-hybridized carbons (Fsp3) is 0.190. The summed E-state index contributed by atoms with van der Waals surface area (Å²) >= 11 is 1.22. The predicted octanol–water partition coefficient (Wildman–Crippen LogP) is 3.22. The Morgan fingerprint density at radius 2 is 1.89 bits per heavy atom. The lowest BCUT2D eigenvalue weighted by Gasteiger charge is -2.18. The molecule has 0 aliphatic carbocycles. The van der Waals surface area contributed by atoms with Crippen molar-refractivity contribution in [3.8, 4) is 6.07 Å². The van der Waals surface area contributed by atoms with Crippen molar-refractivity contribution in [2.24, 2.45) is 5.73 Å². The van der Waals surface area contributed by atoms with Crippen LogP contribution in [0.3, 0.4) is 0 Å². The van der Waals surface area contributed by atoms with Gasteiger partial charge in [-0.15, -0.1) is 0 Å². The van der Waals surface area contributed by atoms with E-state index < -0.39 is 11.2 Å². The molecule has 1 fully saturated rings. The van der Waals surface area contributed by atoms with E-state index in [4.69, 9.17) is 5.73 Å². The summed E-state index contributed by atoms with van der Waals surface area (Å²) in [4.78, 5) is 26.3. The molecule has 0 unspecified atom stereocenters. The largest absolute Gasteiger partial charge is 0.365 e. The lowest BCUT2D eigenvalue weighted by atomic mass is 10.0. The summed E-state index contributed by atoms with van der Waals surface area (Å²) in [5, 5.41) is 9.27. The molecule has 27 heavy (non-hydrogen) atoms. The fourth-order valence-electron chi connectivity index (χ4n) is 2.96. The molecule has 2 aromatic carbocycles. The molecule has 1 aliphatic heterocycles. The summed E-state index contributed by atoms with van der Waals surface area (Å²) in [5.41, 5.74) is 9.18. The van der Waals surface area contributed by atoms with Gasteiger partial charge >= 0.3 is 0 Å². The summed E-state index contributed by atoms with van der Waals surface area (Å²) in [7, 11) is 0. The van der Waals surface area contributed by atoms with Gasteiger partial charge in [-0.25, -0.2) is 0 Å². The smallest absolute Gasteiger partial charge is 0.262 e. The average molecular weight is 377 g/mol. The third kappa shape index (κ3) is 3.74. The summed E-state index contributed by atoms with van der Waals surface area (Å²) in [5.74, 6) is -0.992. The molecule has 5 nitrogen and oxygen atoms in total. The topological polar surface area (TPSA) is 87.2 Å². The molecule has 2 N–H and O–H groups in total. The molecule has 6 heteroatoms. The Morgan fingerprint density at radius 1 is 1.19 bits per heavy atom. The number of hydrogen-bond acceptors (Lipinski definition) is 4. The minimum absolute atomic E-state index is 0.159. The lowest BCUT2D eigenvalue weighted by Crippen LogP contribution is -2.31. The number of para-hydroxylation sites is 1. The van der Waals surface area contributed by atoms with Crippen LogP contribution >= 0.6 is 11.8 Å². The van der Waals surface area contributed by atoms with E-state index in [1.807, 2.05) is 38.1 Å². The van der Waals surface area contributed by atoms with Crippen LogP contribution in [0.15, 0.2) is 59.1 Å². The number of primary amides is 1. The van der Waals surface area contributed by atoms with Gasteiger partial charge in [-0.1, -0.05) is 48.2 Å². The summed E-state index contributed by atoms with van der Waals surface area (Å²) in [6, 6.07) is 16.9. The minimum Gasteiger partial charge on any atom is -0.365 e. The quantitative estimate of drug-likeness (QED) is 0.655. The van der Waals surface area contributed by atoms with Crippen LogP contribution in [0, 0.1) is 25.2 Å². The van der Waals surface area contributed by atoms with Crippen molar-refractivity contribution in [1.29, 1.82) is 5.26 Å². The van der Waals surface area contributed by atoms with Crippen molar-refractivity contribution < 1.29 is 9.59 Å². The zero-order valence-corrected chi connectivity index (χ0v) is 15.9. The number of benzene rings is 2. The van der Waals surface area contributed by atoms with Crippen LogP contribution in [0.4, 0.5) is 5.69 Å². The van der Waals surface area contributed by atoms with Crippen LogP contribution in [-0.4, -0.2) is 17.1 Å². The summed E-state index contributed by atoms with van der Waals surface area (Å²) in [6.07, 6.45) is 0.509. The van der Waals surface area contributed by atoms with Crippen LogP contribution in [-0.2, 0) is 16.0 Å². The molecule has 2 amide bonds. The van der Waals surface area contributed by atoms with E-state index in [1.165, 1.54) is 22.2 Å². The maximum Gasteiger partial charge on any atom is 0.262 e. The van der Waals surface area contributed by atoms with Gasteiger partial charge in [-0.05, 0) is 49.1 Å². The predicted molar refractivity (Wildman–Crippen MR) is 107 cm³/mol. The molecule has 3 rings (SSSR count). The van der Waals surface area contributed by atoms with Gasteiger partial charge in [-0.3, -0.25) is 14.5 Å². The van der Waals surface area contributed by atoms with Gasteiger partial charge in [0.15, 0.2) is 0 Å². The van der Waals surface area contributed by atoms with Crippen molar-refractivity contribution >= 4 is 29.3 Å². The van der Waals surface area contributed by atoms with Gasteiger partial charge in [0, 0.05) is 5.69 Å². The average Bonchev–Trinajstić information content (AvgIpc) is 2.95. The highest BCUT2D eigenvalue weighted by Gasteiger charge is 2.40. The van der Waals surface area contributed by atoms with Crippen LogP contribution in [0.1, 0.15) is 16.7 Å². The minimum atomic E-state index is -0.833. The van der Waals surface area contributed by atoms with Crippen LogP contribution in [0.2, 0.25) is 0 Å². The summed E-state index contributed by atoms with van der Waals surface area (Å²) < 4.78 is 0. The Balaban J connectivity index is 2.01. The molecule has 1 atom stereocenters. The van der Waals surface area contributed by atoms with E-state index >= 15 is 0 Å². The molecule has 0 spiro atoms. The molecule has 0 saturated carbocycles. The maximum absolute atomic E-state index is 13.1. The number of hydrogen-bond donors (Lipinski definition) is 1. The number of nitrogens with two attached hydrogens (primary N) is 1. The Bertz CT molecular complexity index is 977. The highest BCUT2D eigenvalue weighted by molar-refractivity contribution is 8.05. The Labute approximate surface area is 162 Å². The van der Waals surface area contributed by atoms with Gasteiger partial charge < -0.3 is 5.73 Å². The lowest BCUT2D eigenvalue weighted by molar-refractivity contribution is -0.117. The summed E-state index contributed by atoms with van der Waals surface area (Å²) in [6.45, 7) is 4.07. The highest BCUT2D eigenvalue weighted by atomic mass is 32.2. The number of anilines is 1. The zero-order chi connectivity index (χ0) is 19.6. The van der Waals surface area contributed by atoms with Crippen LogP contribution in [0.5, 0.6) is 0 Å². The van der Waals surface area contributed by atoms with E-state index in [-0.39, 0.29) is 11.5 Å². The number of amides is 2. The van der Waals surface area contributed by atoms with Gasteiger partial charge in [0.05, 0.1) is 5.25 Å². The third-order valence-electron chi connectivity index (χ3n) is 4.53. The van der Waals surface area contributed by atoms with Crippen molar-refractivity contribution in [2.75, 3.05) is 4.90 Å². The number of rotatable bonds is 4. The second kappa shape index (κ2) is 7.68. The molecule has 1 saturated heterocycles. The normalized spacial score (nSPS) is 18.3. The van der Waals surface area contributed by atoms with E-state index in [0.717, 1.165) is 11.1 Å². The maximum atomic E-state index is 13.1. The van der Waals surface area contributed by atoms with Crippen molar-refractivity contribution in [3.63, 3.8) is 0 Å². The molecule has 2 aromatic rings. The highest BCUT2D eigenvalue weighted by Crippen LogP contribution is 2.41. The van der Waals surface area contributed by atoms with E-state index in [0.29, 0.717) is 17.1 Å². The van der Waals surface area contributed by atoms with Crippen LogP contribution in [0.25, 0.3) is 0 Å². The molecular formula is C21H19N3O2S. The third-order valence-corrected chi connectivity index (χ3v) is 5.79. The number of nitrogens with zero attached hydrogens (tertiary/aromatic N) is 2. The molecular weight excluding hydrogens is 358 g/mol. The molecule has 136 valence electrons. The Hall–Kier alpha value is -3.04. The molecule has 0 bridgehead atoms. The Kier molecular flexibility index (Phi) is 5.33. The second-order valence-corrected chi connectivity index (χ2v) is 7.59. The first kappa shape index (κ1) is 18.7. The second-order valence-electron chi connectivity index (χ2n) is 6.39. The number of carbonyl (C=O) groups is 2. The molecule has 0 radical (unpaired) electrons. The van der Waals surface area contributed by atoms with E-state index in [1.54, 1.807) is 24.3 Å². The number of aryl methyl sites for hydroxylation is 2. The molecule has 1 heterocycles. The van der Waals surface area contributed by atoms with Crippen LogP contribution < -0.4 is 10.6 Å². The van der Waals surface area contributed by atoms with Crippen molar-refractivity contribution in [3.05, 3.63) is 75.8 Å². The fourth-order valence-corrected chi connectivity index (χ4v) is 4.27. The van der Waals surface area contributed by atoms with Gasteiger partial charge in [-0.2, -0.15) is 5.26 Å². The van der Waals surface area contributed by atoms with E-state index in [2.05, 4.69) is 6.07 Å².